The summed E-state index contributed by atoms with van der Waals surface area (Å²) < 4.78 is 5.25. The highest BCUT2D eigenvalue weighted by atomic mass is 16.6. The van der Waals surface area contributed by atoms with Crippen LogP contribution >= 0.6 is 0 Å². The van der Waals surface area contributed by atoms with E-state index in [0.717, 1.165) is 25.7 Å². The van der Waals surface area contributed by atoms with Gasteiger partial charge in [0, 0.05) is 5.92 Å². The van der Waals surface area contributed by atoms with E-state index in [9.17, 15) is 9.59 Å². The Morgan fingerprint density at radius 1 is 1.10 bits per heavy atom. The third kappa shape index (κ3) is 5.51. The number of alkyl carbamates (subject to hydrolysis) is 1. The van der Waals surface area contributed by atoms with Gasteiger partial charge in [0.15, 0.2) is 5.78 Å². The van der Waals surface area contributed by atoms with Crippen molar-refractivity contribution in [2.45, 2.75) is 78.4 Å². The number of rotatable bonds is 4. The lowest BCUT2D eigenvalue weighted by Crippen LogP contribution is -2.48. The first-order valence-corrected chi connectivity index (χ1v) is 7.74. The molecule has 4 heteroatoms. The van der Waals surface area contributed by atoms with E-state index in [2.05, 4.69) is 5.32 Å². The fourth-order valence-corrected chi connectivity index (χ4v) is 2.64. The highest BCUT2D eigenvalue weighted by Crippen LogP contribution is 2.26. The van der Waals surface area contributed by atoms with Crippen molar-refractivity contribution in [3.63, 3.8) is 0 Å². The standard InChI is InChI=1S/C16H29NO3/c1-11(2)13(17-15(19)20-16(3,4)5)14(18)12-9-7-6-8-10-12/h11-13H,6-10H2,1-5H3,(H,17,19)/t13-/m0/s1. The first-order chi connectivity index (χ1) is 9.20. The van der Waals surface area contributed by atoms with E-state index < -0.39 is 17.7 Å². The van der Waals surface area contributed by atoms with Crippen LogP contribution in [-0.4, -0.2) is 23.5 Å². The number of hydrogen-bond donors (Lipinski definition) is 1. The molecule has 1 rings (SSSR count). The second kappa shape index (κ2) is 7.09. The predicted octanol–water partition coefficient (Wildman–Crippen LogP) is 3.69. The van der Waals surface area contributed by atoms with Crippen LogP contribution in [0.3, 0.4) is 0 Å². The van der Waals surface area contributed by atoms with Crippen LogP contribution in [0, 0.1) is 11.8 Å². The van der Waals surface area contributed by atoms with Crippen LogP contribution in [0.25, 0.3) is 0 Å². The Hall–Kier alpha value is -1.06. The maximum absolute atomic E-state index is 12.6. The molecule has 0 spiro atoms. The van der Waals surface area contributed by atoms with E-state index in [-0.39, 0.29) is 17.6 Å². The van der Waals surface area contributed by atoms with Crippen LogP contribution in [0.1, 0.15) is 66.7 Å². The maximum atomic E-state index is 12.6. The Bertz CT molecular complexity index is 338. The molecule has 0 unspecified atom stereocenters. The van der Waals surface area contributed by atoms with Crippen LogP contribution in [0.15, 0.2) is 0 Å². The number of ether oxygens (including phenoxy) is 1. The highest BCUT2D eigenvalue weighted by Gasteiger charge is 2.32. The molecular formula is C16H29NO3. The summed E-state index contributed by atoms with van der Waals surface area (Å²) in [5.74, 6) is 0.355. The lowest BCUT2D eigenvalue weighted by Gasteiger charge is -2.29. The van der Waals surface area contributed by atoms with Gasteiger partial charge in [-0.1, -0.05) is 33.1 Å². The molecule has 20 heavy (non-hydrogen) atoms. The monoisotopic (exact) mass is 283 g/mol. The largest absolute Gasteiger partial charge is 0.444 e. The molecule has 1 aliphatic rings. The first-order valence-electron chi connectivity index (χ1n) is 7.74. The Kier molecular flexibility index (Phi) is 6.03. The SMILES string of the molecule is CC(C)[C@H](NC(=O)OC(C)(C)C)C(=O)C1CCCCC1. The summed E-state index contributed by atoms with van der Waals surface area (Å²) >= 11 is 0. The topological polar surface area (TPSA) is 55.4 Å². The molecule has 1 atom stereocenters. The van der Waals surface area contributed by atoms with Crippen molar-refractivity contribution in [1.29, 1.82) is 0 Å². The van der Waals surface area contributed by atoms with Gasteiger partial charge >= 0.3 is 6.09 Å². The molecule has 4 nitrogen and oxygen atoms in total. The molecule has 1 saturated carbocycles. The number of carbonyl (C=O) groups excluding carboxylic acids is 2. The molecule has 0 aromatic heterocycles. The fraction of sp³-hybridized carbons (Fsp3) is 0.875. The van der Waals surface area contributed by atoms with Crippen molar-refractivity contribution >= 4 is 11.9 Å². The number of Topliss-reactive ketones (excluding diaryl/α,β-unsaturated/α-hetero) is 1. The summed E-state index contributed by atoms with van der Waals surface area (Å²) in [7, 11) is 0. The smallest absolute Gasteiger partial charge is 0.408 e. The van der Waals surface area contributed by atoms with Crippen molar-refractivity contribution < 1.29 is 14.3 Å². The second-order valence-electron chi connectivity index (χ2n) is 7.11. The molecule has 1 aliphatic carbocycles. The van der Waals surface area contributed by atoms with Gasteiger partial charge in [-0.2, -0.15) is 0 Å². The van der Waals surface area contributed by atoms with Crippen molar-refractivity contribution in [3.8, 4) is 0 Å². The average Bonchev–Trinajstić information content (AvgIpc) is 2.34. The average molecular weight is 283 g/mol. The molecule has 0 aromatic carbocycles. The highest BCUT2D eigenvalue weighted by molar-refractivity contribution is 5.89. The molecule has 1 N–H and O–H groups in total. The Morgan fingerprint density at radius 2 is 1.65 bits per heavy atom. The quantitative estimate of drug-likeness (QED) is 0.856. The van der Waals surface area contributed by atoms with Crippen LogP contribution in [0.2, 0.25) is 0 Å². The van der Waals surface area contributed by atoms with Gasteiger partial charge in [-0.25, -0.2) is 4.79 Å². The zero-order valence-corrected chi connectivity index (χ0v) is 13.5. The van der Waals surface area contributed by atoms with E-state index >= 15 is 0 Å². The van der Waals surface area contributed by atoms with E-state index in [4.69, 9.17) is 4.74 Å². The second-order valence-corrected chi connectivity index (χ2v) is 7.11. The number of amides is 1. The van der Waals surface area contributed by atoms with Crippen LogP contribution in [-0.2, 0) is 9.53 Å². The molecule has 0 saturated heterocycles. The zero-order valence-electron chi connectivity index (χ0n) is 13.5. The molecule has 1 fully saturated rings. The lowest BCUT2D eigenvalue weighted by atomic mass is 9.81. The minimum Gasteiger partial charge on any atom is -0.444 e. The van der Waals surface area contributed by atoms with Gasteiger partial charge in [0.25, 0.3) is 0 Å². The summed E-state index contributed by atoms with van der Waals surface area (Å²) in [6.07, 6.45) is 4.87. The summed E-state index contributed by atoms with van der Waals surface area (Å²) in [5, 5.41) is 2.76. The van der Waals surface area contributed by atoms with Crippen molar-refractivity contribution in [2.75, 3.05) is 0 Å². The number of ketones is 1. The third-order valence-corrected chi connectivity index (χ3v) is 3.65. The third-order valence-electron chi connectivity index (χ3n) is 3.65. The maximum Gasteiger partial charge on any atom is 0.408 e. The van der Waals surface area contributed by atoms with Crippen molar-refractivity contribution in [1.82, 2.24) is 5.32 Å². The van der Waals surface area contributed by atoms with E-state index in [1.54, 1.807) is 0 Å². The molecule has 0 bridgehead atoms. The molecule has 0 radical (unpaired) electrons. The Labute approximate surface area is 122 Å². The summed E-state index contributed by atoms with van der Waals surface area (Å²) in [5.41, 5.74) is -0.542. The summed E-state index contributed by atoms with van der Waals surface area (Å²) in [4.78, 5) is 24.4. The number of hydrogen-bond acceptors (Lipinski definition) is 3. The zero-order chi connectivity index (χ0) is 15.3. The van der Waals surface area contributed by atoms with Gasteiger partial charge in [0.2, 0.25) is 0 Å². The molecule has 0 aliphatic heterocycles. The molecule has 0 aromatic rings. The normalized spacial score (nSPS) is 18.7. The van der Waals surface area contributed by atoms with E-state index in [1.807, 2.05) is 34.6 Å². The summed E-state index contributed by atoms with van der Waals surface area (Å²) in [6, 6.07) is -0.437. The first kappa shape index (κ1) is 17.0. The lowest BCUT2D eigenvalue weighted by molar-refractivity contribution is -0.126. The van der Waals surface area contributed by atoms with Crippen LogP contribution in [0.5, 0.6) is 0 Å². The van der Waals surface area contributed by atoms with Gasteiger partial charge < -0.3 is 10.1 Å². The van der Waals surface area contributed by atoms with E-state index in [0.29, 0.717) is 0 Å². The molecule has 1 amide bonds. The van der Waals surface area contributed by atoms with Gasteiger partial charge in [-0.15, -0.1) is 0 Å². The van der Waals surface area contributed by atoms with E-state index in [1.165, 1.54) is 6.42 Å². The van der Waals surface area contributed by atoms with Crippen LogP contribution in [0.4, 0.5) is 4.79 Å². The van der Waals surface area contributed by atoms with Gasteiger partial charge in [-0.05, 0) is 39.5 Å². The minimum absolute atomic E-state index is 0.0805. The van der Waals surface area contributed by atoms with Gasteiger partial charge in [0.05, 0.1) is 6.04 Å². The molecular weight excluding hydrogens is 254 g/mol. The minimum atomic E-state index is -0.542. The van der Waals surface area contributed by atoms with Crippen LogP contribution < -0.4 is 5.32 Å². The van der Waals surface area contributed by atoms with Crippen molar-refractivity contribution in [3.05, 3.63) is 0 Å². The Morgan fingerprint density at radius 3 is 2.10 bits per heavy atom. The predicted molar refractivity (Wildman–Crippen MR) is 79.6 cm³/mol. The summed E-state index contributed by atoms with van der Waals surface area (Å²) in [6.45, 7) is 9.38. The Balaban J connectivity index is 2.63. The van der Waals surface area contributed by atoms with Gasteiger partial charge in [0.1, 0.15) is 5.60 Å². The fourth-order valence-electron chi connectivity index (χ4n) is 2.64. The van der Waals surface area contributed by atoms with Gasteiger partial charge in [-0.3, -0.25) is 4.79 Å². The number of carbonyl (C=O) groups is 2. The molecule has 116 valence electrons. The molecule has 0 heterocycles. The van der Waals surface area contributed by atoms with Crippen molar-refractivity contribution in [2.24, 2.45) is 11.8 Å². The number of nitrogens with one attached hydrogen (secondary N) is 1.